The summed E-state index contributed by atoms with van der Waals surface area (Å²) >= 11 is -0.268. The number of thioether (sulfide) groups is 1. The van der Waals surface area contributed by atoms with E-state index in [1.165, 1.54) is 35.4 Å². The molecule has 198 valence electrons. The molecule has 2 heterocycles. The lowest BCUT2D eigenvalue weighted by Crippen LogP contribution is -2.43. The third-order valence-corrected chi connectivity index (χ3v) is 7.48. The van der Waals surface area contributed by atoms with Gasteiger partial charge in [0.1, 0.15) is 11.4 Å². The van der Waals surface area contributed by atoms with Crippen LogP contribution in [-0.4, -0.2) is 56.9 Å². The molecule has 1 aliphatic carbocycles. The highest BCUT2D eigenvalue weighted by Crippen LogP contribution is 2.39. The van der Waals surface area contributed by atoms with Crippen molar-refractivity contribution >= 4 is 41.2 Å². The van der Waals surface area contributed by atoms with E-state index in [4.69, 9.17) is 0 Å². The molecule has 4 rings (SSSR count). The lowest BCUT2D eigenvalue weighted by atomic mass is 10.0. The van der Waals surface area contributed by atoms with Crippen LogP contribution in [0.4, 0.5) is 34.3 Å². The standard InChI is InChI=1S/C25H28F3N5O3S/c1-24(2)21(34)33(18-8-10-19(11-9-18)37-25(26,27)28)23(36)32(24)15-16-12-13-29-20(14-16)30-22(35)31(3)17-6-4-5-7-17/h8-14,17H,4-7,15H2,1-3H3,(H,29,30,35). The zero-order valence-corrected chi connectivity index (χ0v) is 21.5. The van der Waals surface area contributed by atoms with Crippen LogP contribution in [0.5, 0.6) is 0 Å². The van der Waals surface area contributed by atoms with E-state index in [0.717, 1.165) is 30.6 Å². The lowest BCUT2D eigenvalue weighted by molar-refractivity contribution is -0.123. The van der Waals surface area contributed by atoms with E-state index in [1.807, 2.05) is 0 Å². The molecule has 0 spiro atoms. The molecule has 0 bridgehead atoms. The van der Waals surface area contributed by atoms with Gasteiger partial charge in [-0.15, -0.1) is 0 Å². The molecular formula is C25H28F3N5O3S. The number of hydrogen-bond donors (Lipinski definition) is 1. The number of carbonyl (C=O) groups excluding carboxylic acids is 3. The molecule has 0 radical (unpaired) electrons. The monoisotopic (exact) mass is 535 g/mol. The van der Waals surface area contributed by atoms with Crippen LogP contribution in [0.3, 0.4) is 0 Å². The molecule has 5 amide bonds. The first-order valence-electron chi connectivity index (χ1n) is 11.9. The number of nitrogens with zero attached hydrogens (tertiary/aromatic N) is 4. The van der Waals surface area contributed by atoms with E-state index in [0.29, 0.717) is 11.4 Å². The summed E-state index contributed by atoms with van der Waals surface area (Å²) in [7, 11) is 1.76. The van der Waals surface area contributed by atoms with Gasteiger partial charge in [-0.05, 0) is 80.4 Å². The fraction of sp³-hybridized carbons (Fsp3) is 0.440. The Morgan fingerprint density at radius 1 is 1.16 bits per heavy atom. The van der Waals surface area contributed by atoms with Crippen molar-refractivity contribution in [3.63, 3.8) is 0 Å². The number of carbonyl (C=O) groups is 3. The predicted molar refractivity (Wildman–Crippen MR) is 134 cm³/mol. The Kier molecular flexibility index (Phi) is 7.40. The average molecular weight is 536 g/mol. The van der Waals surface area contributed by atoms with Gasteiger partial charge in [0.25, 0.3) is 5.91 Å². The van der Waals surface area contributed by atoms with Gasteiger partial charge < -0.3 is 9.80 Å². The Labute approximate surface area is 217 Å². The quantitative estimate of drug-likeness (QED) is 0.371. The van der Waals surface area contributed by atoms with Gasteiger partial charge in [-0.2, -0.15) is 13.2 Å². The smallest absolute Gasteiger partial charge is 0.325 e. The van der Waals surface area contributed by atoms with Crippen LogP contribution >= 0.6 is 11.8 Å². The Morgan fingerprint density at radius 2 is 1.81 bits per heavy atom. The molecule has 2 fully saturated rings. The number of imide groups is 1. The van der Waals surface area contributed by atoms with Crippen molar-refractivity contribution in [1.29, 1.82) is 0 Å². The highest BCUT2D eigenvalue weighted by Gasteiger charge is 2.51. The summed E-state index contributed by atoms with van der Waals surface area (Å²) in [5.74, 6) is -0.160. The zero-order chi connectivity index (χ0) is 27.0. The number of rotatable bonds is 6. The second kappa shape index (κ2) is 10.2. The Hall–Kier alpha value is -3.28. The van der Waals surface area contributed by atoms with Crippen molar-refractivity contribution in [2.45, 2.75) is 68.1 Å². The van der Waals surface area contributed by atoms with Crippen LogP contribution in [0.1, 0.15) is 45.1 Å². The third kappa shape index (κ3) is 5.84. The number of pyridine rings is 1. The first-order chi connectivity index (χ1) is 17.4. The van der Waals surface area contributed by atoms with Gasteiger partial charge in [-0.25, -0.2) is 19.5 Å². The zero-order valence-electron chi connectivity index (χ0n) is 20.7. The SMILES string of the molecule is CN(C(=O)Nc1cc(CN2C(=O)N(c3ccc(SC(F)(F)F)cc3)C(=O)C2(C)C)ccn1)C1CCCC1. The van der Waals surface area contributed by atoms with E-state index in [2.05, 4.69) is 10.3 Å². The summed E-state index contributed by atoms with van der Waals surface area (Å²) in [5, 5.41) is 2.79. The number of urea groups is 2. The van der Waals surface area contributed by atoms with Crippen molar-refractivity contribution in [2.75, 3.05) is 17.3 Å². The van der Waals surface area contributed by atoms with Gasteiger partial charge in [-0.1, -0.05) is 12.8 Å². The summed E-state index contributed by atoms with van der Waals surface area (Å²) in [6, 6.07) is 7.79. The Morgan fingerprint density at radius 3 is 2.43 bits per heavy atom. The van der Waals surface area contributed by atoms with E-state index in [9.17, 15) is 27.6 Å². The second-order valence-electron chi connectivity index (χ2n) is 9.64. The average Bonchev–Trinajstić information content (AvgIpc) is 3.41. The maximum atomic E-state index is 13.3. The van der Waals surface area contributed by atoms with Gasteiger partial charge in [0, 0.05) is 30.7 Å². The first-order valence-corrected chi connectivity index (χ1v) is 12.7. The van der Waals surface area contributed by atoms with E-state index >= 15 is 0 Å². The van der Waals surface area contributed by atoms with Gasteiger partial charge in [0.15, 0.2) is 0 Å². The molecule has 12 heteroatoms. The van der Waals surface area contributed by atoms with Crippen molar-refractivity contribution in [3.8, 4) is 0 Å². The van der Waals surface area contributed by atoms with Gasteiger partial charge >= 0.3 is 17.6 Å². The van der Waals surface area contributed by atoms with Crippen molar-refractivity contribution < 1.29 is 27.6 Å². The minimum Gasteiger partial charge on any atom is -0.325 e. The first kappa shape index (κ1) is 26.8. The third-order valence-electron chi connectivity index (χ3n) is 6.74. The van der Waals surface area contributed by atoms with E-state index in [-0.39, 0.29) is 41.0 Å². The number of amides is 5. The van der Waals surface area contributed by atoms with Crippen molar-refractivity contribution in [2.24, 2.45) is 0 Å². The highest BCUT2D eigenvalue weighted by atomic mass is 32.2. The van der Waals surface area contributed by atoms with Crippen LogP contribution in [0.25, 0.3) is 0 Å². The largest absolute Gasteiger partial charge is 0.446 e. The Balaban J connectivity index is 1.48. The number of anilines is 2. The second-order valence-corrected chi connectivity index (χ2v) is 10.8. The summed E-state index contributed by atoms with van der Waals surface area (Å²) in [6.45, 7) is 3.29. The molecule has 1 saturated heterocycles. The van der Waals surface area contributed by atoms with Gasteiger partial charge in [0.2, 0.25) is 0 Å². The lowest BCUT2D eigenvalue weighted by Gasteiger charge is -2.28. The molecule has 1 aromatic carbocycles. The summed E-state index contributed by atoms with van der Waals surface area (Å²) in [6.07, 6.45) is 5.66. The van der Waals surface area contributed by atoms with Crippen LogP contribution in [-0.2, 0) is 11.3 Å². The molecule has 37 heavy (non-hydrogen) atoms. The molecule has 8 nitrogen and oxygen atoms in total. The van der Waals surface area contributed by atoms with Crippen molar-refractivity contribution in [3.05, 3.63) is 48.2 Å². The molecule has 1 N–H and O–H groups in total. The van der Waals surface area contributed by atoms with Gasteiger partial charge in [0.05, 0.1) is 5.69 Å². The normalized spacial score (nSPS) is 18.0. The van der Waals surface area contributed by atoms with Gasteiger partial charge in [-0.3, -0.25) is 10.1 Å². The number of halogens is 3. The molecule has 0 unspecified atom stereocenters. The molecule has 2 aromatic rings. The number of benzene rings is 1. The number of alkyl halides is 3. The van der Waals surface area contributed by atoms with Crippen LogP contribution in [0, 0.1) is 0 Å². The Bertz CT molecular complexity index is 1180. The van der Waals surface area contributed by atoms with Crippen LogP contribution < -0.4 is 10.2 Å². The maximum Gasteiger partial charge on any atom is 0.446 e. The highest BCUT2D eigenvalue weighted by molar-refractivity contribution is 8.00. The van der Waals surface area contributed by atoms with Crippen LogP contribution in [0.2, 0.25) is 0 Å². The van der Waals surface area contributed by atoms with Crippen molar-refractivity contribution in [1.82, 2.24) is 14.8 Å². The number of hydrogen-bond acceptors (Lipinski definition) is 5. The fourth-order valence-electron chi connectivity index (χ4n) is 4.60. The summed E-state index contributed by atoms with van der Waals surface area (Å²) in [4.78, 5) is 47.3. The topological polar surface area (TPSA) is 85.9 Å². The maximum absolute atomic E-state index is 13.3. The van der Waals surface area contributed by atoms with Crippen LogP contribution in [0.15, 0.2) is 47.5 Å². The molecule has 1 aromatic heterocycles. The summed E-state index contributed by atoms with van der Waals surface area (Å²) < 4.78 is 37.9. The molecule has 1 aliphatic heterocycles. The van der Waals surface area contributed by atoms with E-state index < -0.39 is 23.0 Å². The molecule has 2 aliphatic rings. The summed E-state index contributed by atoms with van der Waals surface area (Å²) in [5.41, 5.74) is -4.79. The molecule has 0 atom stereocenters. The predicted octanol–water partition coefficient (Wildman–Crippen LogP) is 5.85. The molecular weight excluding hydrogens is 507 g/mol. The number of nitrogens with one attached hydrogen (secondary N) is 1. The number of aromatic nitrogens is 1. The van der Waals surface area contributed by atoms with E-state index in [1.54, 1.807) is 37.9 Å². The molecule has 1 saturated carbocycles. The fourth-order valence-corrected chi connectivity index (χ4v) is 5.14. The minimum atomic E-state index is -4.44. The minimum absolute atomic E-state index is 0.0450.